The van der Waals surface area contributed by atoms with E-state index < -0.39 is 5.60 Å². The van der Waals surface area contributed by atoms with Crippen molar-refractivity contribution in [1.29, 1.82) is 0 Å². The Morgan fingerprint density at radius 2 is 1.88 bits per heavy atom. The molecule has 2 rings (SSSR count). The summed E-state index contributed by atoms with van der Waals surface area (Å²) in [5.74, 6) is 0. The van der Waals surface area contributed by atoms with Gasteiger partial charge in [0.15, 0.2) is 0 Å². The molecule has 2 nitrogen and oxygen atoms in total. The van der Waals surface area contributed by atoms with Gasteiger partial charge >= 0.3 is 0 Å². The first-order valence-corrected chi connectivity index (χ1v) is 5.38. The number of aliphatic hydroxyl groups is 1. The first kappa shape index (κ1) is 11.0. The van der Waals surface area contributed by atoms with Crippen molar-refractivity contribution in [3.8, 4) is 0 Å². The van der Waals surface area contributed by atoms with Crippen LogP contribution in [0.25, 0.3) is 0 Å². The normalized spacial score (nSPS) is 14.7. The molecule has 0 saturated heterocycles. The zero-order valence-electron chi connectivity index (χ0n) is 9.60. The summed E-state index contributed by atoms with van der Waals surface area (Å²) in [7, 11) is 0. The molecule has 16 heavy (non-hydrogen) atoms. The van der Waals surface area contributed by atoms with E-state index in [-0.39, 0.29) is 0 Å². The Morgan fingerprint density at radius 1 is 1.19 bits per heavy atom. The van der Waals surface area contributed by atoms with Gasteiger partial charge in [0.2, 0.25) is 0 Å². The van der Waals surface area contributed by atoms with Crippen LogP contribution in [0, 0.1) is 6.92 Å². The molecule has 0 aliphatic heterocycles. The summed E-state index contributed by atoms with van der Waals surface area (Å²) in [5, 5.41) is 10.3. The molecular formula is C14H16O2. The predicted octanol–water partition coefficient (Wildman–Crippen LogP) is 3.04. The highest BCUT2D eigenvalue weighted by molar-refractivity contribution is 5.25. The van der Waals surface area contributed by atoms with E-state index in [1.54, 1.807) is 25.5 Å². The van der Waals surface area contributed by atoms with Crippen LogP contribution in [0.2, 0.25) is 0 Å². The van der Waals surface area contributed by atoms with Gasteiger partial charge in [-0.1, -0.05) is 29.8 Å². The van der Waals surface area contributed by atoms with Gasteiger partial charge in [0.1, 0.15) is 0 Å². The summed E-state index contributed by atoms with van der Waals surface area (Å²) in [6.07, 6.45) is 3.76. The molecule has 2 heteroatoms. The molecule has 1 N–H and O–H groups in total. The van der Waals surface area contributed by atoms with Gasteiger partial charge in [-0.2, -0.15) is 0 Å². The number of hydrogen-bond acceptors (Lipinski definition) is 2. The van der Waals surface area contributed by atoms with E-state index in [0.717, 1.165) is 11.1 Å². The highest BCUT2D eigenvalue weighted by Gasteiger charge is 2.24. The van der Waals surface area contributed by atoms with Gasteiger partial charge in [-0.3, -0.25) is 0 Å². The van der Waals surface area contributed by atoms with Crippen molar-refractivity contribution in [3.05, 3.63) is 59.5 Å². The van der Waals surface area contributed by atoms with Crippen LogP contribution in [-0.2, 0) is 12.0 Å². The Balaban J connectivity index is 2.18. The smallest absolute Gasteiger partial charge is 0.0963 e. The second-order valence-electron chi connectivity index (χ2n) is 4.45. The third-order valence-corrected chi connectivity index (χ3v) is 2.81. The maximum Gasteiger partial charge on any atom is 0.0963 e. The number of hydrogen-bond donors (Lipinski definition) is 1. The van der Waals surface area contributed by atoms with E-state index in [1.165, 1.54) is 5.56 Å². The fraction of sp³-hybridized carbons (Fsp3) is 0.286. The average molecular weight is 216 g/mol. The lowest BCUT2D eigenvalue weighted by Gasteiger charge is -2.21. The third kappa shape index (κ3) is 2.34. The molecule has 0 aliphatic carbocycles. The van der Waals surface area contributed by atoms with Crippen LogP contribution in [0.1, 0.15) is 23.6 Å². The summed E-state index contributed by atoms with van der Waals surface area (Å²) in [5.41, 5.74) is 2.29. The van der Waals surface area contributed by atoms with E-state index in [4.69, 9.17) is 4.42 Å². The standard InChI is InChI=1S/C14H16O2/c1-11-3-5-12(6-4-11)9-14(2,15)13-7-8-16-10-13/h3-8,10,15H,9H2,1-2H3. The van der Waals surface area contributed by atoms with Crippen molar-refractivity contribution in [2.45, 2.75) is 25.9 Å². The van der Waals surface area contributed by atoms with Gasteiger partial charge < -0.3 is 9.52 Å². The molecule has 1 atom stereocenters. The van der Waals surface area contributed by atoms with Crippen LogP contribution in [0.5, 0.6) is 0 Å². The van der Waals surface area contributed by atoms with E-state index in [9.17, 15) is 5.11 Å². The summed E-state index contributed by atoms with van der Waals surface area (Å²) in [6, 6.07) is 10.0. The minimum atomic E-state index is -0.873. The molecule has 0 fully saturated rings. The number of benzene rings is 1. The Hall–Kier alpha value is -1.54. The topological polar surface area (TPSA) is 33.4 Å². The number of furan rings is 1. The Bertz CT molecular complexity index is 438. The lowest BCUT2D eigenvalue weighted by atomic mass is 9.91. The van der Waals surface area contributed by atoms with Gasteiger partial charge in [-0.05, 0) is 25.5 Å². The van der Waals surface area contributed by atoms with Crippen molar-refractivity contribution in [1.82, 2.24) is 0 Å². The third-order valence-electron chi connectivity index (χ3n) is 2.81. The summed E-state index contributed by atoms with van der Waals surface area (Å²) in [4.78, 5) is 0. The van der Waals surface area contributed by atoms with Crippen LogP contribution >= 0.6 is 0 Å². The van der Waals surface area contributed by atoms with Gasteiger partial charge in [0, 0.05) is 12.0 Å². The minimum absolute atomic E-state index is 0.590. The van der Waals surface area contributed by atoms with Crippen LogP contribution in [0.4, 0.5) is 0 Å². The molecule has 2 aromatic rings. The molecule has 0 spiro atoms. The van der Waals surface area contributed by atoms with E-state index in [0.29, 0.717) is 6.42 Å². The van der Waals surface area contributed by atoms with Gasteiger partial charge in [0.25, 0.3) is 0 Å². The minimum Gasteiger partial charge on any atom is -0.472 e. The SMILES string of the molecule is Cc1ccc(CC(C)(O)c2ccoc2)cc1. The molecule has 0 aliphatic rings. The zero-order valence-corrected chi connectivity index (χ0v) is 9.60. The van der Waals surface area contributed by atoms with Crippen molar-refractivity contribution in [2.24, 2.45) is 0 Å². The molecule has 0 bridgehead atoms. The lowest BCUT2D eigenvalue weighted by Crippen LogP contribution is -2.23. The first-order chi connectivity index (χ1) is 7.58. The lowest BCUT2D eigenvalue weighted by molar-refractivity contribution is 0.0570. The number of aryl methyl sites for hydroxylation is 1. The quantitative estimate of drug-likeness (QED) is 0.855. The molecule has 1 unspecified atom stereocenters. The van der Waals surface area contributed by atoms with Crippen molar-refractivity contribution in [3.63, 3.8) is 0 Å². The molecule has 84 valence electrons. The van der Waals surface area contributed by atoms with E-state index in [2.05, 4.69) is 19.1 Å². The highest BCUT2D eigenvalue weighted by Crippen LogP contribution is 2.25. The molecule has 1 aromatic carbocycles. The van der Waals surface area contributed by atoms with E-state index >= 15 is 0 Å². The van der Waals surface area contributed by atoms with Crippen molar-refractivity contribution < 1.29 is 9.52 Å². The molecule has 1 aromatic heterocycles. The Labute approximate surface area is 95.5 Å². The van der Waals surface area contributed by atoms with Crippen molar-refractivity contribution in [2.75, 3.05) is 0 Å². The summed E-state index contributed by atoms with van der Waals surface area (Å²) in [6.45, 7) is 3.86. The van der Waals surface area contributed by atoms with Gasteiger partial charge in [0.05, 0.1) is 18.1 Å². The Morgan fingerprint density at radius 3 is 2.44 bits per heavy atom. The largest absolute Gasteiger partial charge is 0.472 e. The maximum absolute atomic E-state index is 10.3. The molecule has 0 amide bonds. The molecule has 0 radical (unpaired) electrons. The van der Waals surface area contributed by atoms with Crippen molar-refractivity contribution >= 4 is 0 Å². The second-order valence-corrected chi connectivity index (χ2v) is 4.45. The fourth-order valence-corrected chi connectivity index (χ4v) is 1.78. The van der Waals surface area contributed by atoms with Crippen LogP contribution in [0.3, 0.4) is 0 Å². The number of rotatable bonds is 3. The predicted molar refractivity (Wildman–Crippen MR) is 63.2 cm³/mol. The molecule has 0 saturated carbocycles. The fourth-order valence-electron chi connectivity index (χ4n) is 1.78. The van der Waals surface area contributed by atoms with Crippen LogP contribution in [0.15, 0.2) is 47.3 Å². The maximum atomic E-state index is 10.3. The second kappa shape index (κ2) is 4.14. The summed E-state index contributed by atoms with van der Waals surface area (Å²) < 4.78 is 5.00. The van der Waals surface area contributed by atoms with Crippen LogP contribution in [-0.4, -0.2) is 5.11 Å². The molecular weight excluding hydrogens is 200 g/mol. The van der Waals surface area contributed by atoms with Gasteiger partial charge in [-0.15, -0.1) is 0 Å². The molecule has 1 heterocycles. The zero-order chi connectivity index (χ0) is 11.6. The van der Waals surface area contributed by atoms with Gasteiger partial charge in [-0.25, -0.2) is 0 Å². The average Bonchev–Trinajstić information content (AvgIpc) is 2.75. The van der Waals surface area contributed by atoms with E-state index in [1.807, 2.05) is 12.1 Å². The first-order valence-electron chi connectivity index (χ1n) is 5.38. The van der Waals surface area contributed by atoms with Crippen LogP contribution < -0.4 is 0 Å². The monoisotopic (exact) mass is 216 g/mol. The highest BCUT2D eigenvalue weighted by atomic mass is 16.3. The summed E-state index contributed by atoms with van der Waals surface area (Å²) >= 11 is 0. The Kier molecular flexibility index (Phi) is 2.84.